The van der Waals surface area contributed by atoms with Crippen molar-refractivity contribution in [2.24, 2.45) is 0 Å². The number of halogens is 2. The van der Waals surface area contributed by atoms with Crippen LogP contribution in [-0.4, -0.2) is 30.0 Å². The molecule has 3 nitrogen and oxygen atoms in total. The van der Waals surface area contributed by atoms with Gasteiger partial charge in [-0.3, -0.25) is 0 Å². The number of rotatable bonds is 3. The van der Waals surface area contributed by atoms with Gasteiger partial charge >= 0.3 is 0 Å². The van der Waals surface area contributed by atoms with Crippen LogP contribution in [0.5, 0.6) is 0 Å². The third-order valence-corrected chi connectivity index (χ3v) is 6.68. The van der Waals surface area contributed by atoms with Crippen molar-refractivity contribution in [2.75, 3.05) is 11.5 Å². The zero-order valence-electron chi connectivity index (χ0n) is 8.97. The highest BCUT2D eigenvalue weighted by Gasteiger charge is 2.36. The molecule has 0 N–H and O–H groups in total. The van der Waals surface area contributed by atoms with Gasteiger partial charge in [-0.25, -0.2) is 8.42 Å². The fraction of sp³-hybridized carbons (Fsp3) is 0.455. The number of alkyl halides is 1. The van der Waals surface area contributed by atoms with Gasteiger partial charge in [-0.1, -0.05) is 50.7 Å². The van der Waals surface area contributed by atoms with Crippen LogP contribution in [0.1, 0.15) is 5.56 Å². The van der Waals surface area contributed by atoms with Crippen molar-refractivity contribution in [3.8, 4) is 0 Å². The molecule has 1 aliphatic rings. The fourth-order valence-corrected chi connectivity index (χ4v) is 6.09. The van der Waals surface area contributed by atoms with E-state index in [1.807, 2.05) is 24.3 Å². The molecule has 0 amide bonds. The van der Waals surface area contributed by atoms with Gasteiger partial charge in [-0.2, -0.15) is 0 Å². The maximum absolute atomic E-state index is 11.4. The molecule has 2 unspecified atom stereocenters. The van der Waals surface area contributed by atoms with E-state index in [0.29, 0.717) is 6.61 Å². The predicted octanol–water partition coefficient (Wildman–Crippen LogP) is 2.57. The summed E-state index contributed by atoms with van der Waals surface area (Å²) in [5.74, 6) is 0.385. The van der Waals surface area contributed by atoms with Crippen molar-refractivity contribution in [2.45, 2.75) is 16.6 Å². The predicted molar refractivity (Wildman–Crippen MR) is 79.2 cm³/mol. The Morgan fingerprint density at radius 3 is 2.47 bits per heavy atom. The minimum absolute atomic E-state index is 0.0630. The molecule has 0 aliphatic carbocycles. The van der Waals surface area contributed by atoms with Gasteiger partial charge in [0.1, 0.15) is 0 Å². The highest BCUT2D eigenvalue weighted by Crippen LogP contribution is 2.24. The van der Waals surface area contributed by atoms with Crippen molar-refractivity contribution >= 4 is 48.4 Å². The van der Waals surface area contributed by atoms with Crippen LogP contribution >= 0.6 is 38.5 Å². The van der Waals surface area contributed by atoms with Gasteiger partial charge in [0, 0.05) is 4.47 Å². The van der Waals surface area contributed by atoms with Gasteiger partial charge in [0.2, 0.25) is 0 Å². The highest BCUT2D eigenvalue weighted by molar-refractivity contribution is 14.1. The normalized spacial score (nSPS) is 27.2. The quantitative estimate of drug-likeness (QED) is 0.546. The van der Waals surface area contributed by atoms with E-state index >= 15 is 0 Å². The molecular formula is C11H12BrIO3S. The molecule has 0 aromatic heterocycles. The summed E-state index contributed by atoms with van der Waals surface area (Å²) in [6.07, 6.45) is -0.177. The molecule has 2 atom stereocenters. The third kappa shape index (κ3) is 3.90. The van der Waals surface area contributed by atoms with E-state index < -0.39 is 9.84 Å². The van der Waals surface area contributed by atoms with Crippen LogP contribution in [0.25, 0.3) is 0 Å². The lowest BCUT2D eigenvalue weighted by Crippen LogP contribution is -2.22. The third-order valence-electron chi connectivity index (χ3n) is 2.61. The van der Waals surface area contributed by atoms with Crippen LogP contribution in [0.2, 0.25) is 0 Å². The molecule has 1 aromatic carbocycles. The second kappa shape index (κ2) is 5.54. The first-order valence-corrected chi connectivity index (χ1v) is 9.03. The molecule has 17 heavy (non-hydrogen) atoms. The lowest BCUT2D eigenvalue weighted by molar-refractivity contribution is 0.0639. The Kier molecular flexibility index (Phi) is 4.49. The molecule has 0 radical (unpaired) electrons. The van der Waals surface area contributed by atoms with Gasteiger partial charge in [-0.05, 0) is 17.7 Å². The Morgan fingerprint density at radius 2 is 1.94 bits per heavy atom. The van der Waals surface area contributed by atoms with Gasteiger partial charge in [0.15, 0.2) is 9.84 Å². The van der Waals surface area contributed by atoms with Crippen LogP contribution < -0.4 is 0 Å². The zero-order valence-corrected chi connectivity index (χ0v) is 13.5. The molecule has 6 heteroatoms. The summed E-state index contributed by atoms with van der Waals surface area (Å²) >= 11 is 5.52. The van der Waals surface area contributed by atoms with E-state index in [2.05, 4.69) is 38.5 Å². The zero-order chi connectivity index (χ0) is 12.5. The second-order valence-corrected chi connectivity index (χ2v) is 8.74. The molecule has 1 aromatic rings. The van der Waals surface area contributed by atoms with Gasteiger partial charge in [0.25, 0.3) is 0 Å². The summed E-state index contributed by atoms with van der Waals surface area (Å²) in [6.45, 7) is 0.465. The molecule has 1 aliphatic heterocycles. The monoisotopic (exact) mass is 430 g/mol. The van der Waals surface area contributed by atoms with Crippen molar-refractivity contribution in [3.63, 3.8) is 0 Å². The maximum Gasteiger partial charge on any atom is 0.154 e. The van der Waals surface area contributed by atoms with Crippen molar-refractivity contribution in [1.82, 2.24) is 0 Å². The molecular weight excluding hydrogens is 419 g/mol. The van der Waals surface area contributed by atoms with Gasteiger partial charge < -0.3 is 4.74 Å². The number of hydrogen-bond acceptors (Lipinski definition) is 3. The van der Waals surface area contributed by atoms with Crippen LogP contribution in [0.3, 0.4) is 0 Å². The second-order valence-electron chi connectivity index (χ2n) is 4.07. The van der Waals surface area contributed by atoms with E-state index in [1.54, 1.807) is 0 Å². The van der Waals surface area contributed by atoms with E-state index in [-0.39, 0.29) is 21.5 Å². The Hall–Kier alpha value is 0.340. The van der Waals surface area contributed by atoms with Crippen molar-refractivity contribution in [1.29, 1.82) is 0 Å². The fourth-order valence-electron chi connectivity index (χ4n) is 1.71. The lowest BCUT2D eigenvalue weighted by atomic mass is 10.2. The lowest BCUT2D eigenvalue weighted by Gasteiger charge is -2.13. The first-order chi connectivity index (χ1) is 7.96. The maximum atomic E-state index is 11.4. The number of benzene rings is 1. The minimum atomic E-state index is -2.90. The topological polar surface area (TPSA) is 43.4 Å². The summed E-state index contributed by atoms with van der Waals surface area (Å²) in [6, 6.07) is 7.84. The van der Waals surface area contributed by atoms with Crippen LogP contribution in [0.15, 0.2) is 28.7 Å². The highest BCUT2D eigenvalue weighted by atomic mass is 127. The molecule has 94 valence electrons. The molecule has 1 fully saturated rings. The van der Waals surface area contributed by atoms with E-state index in [1.165, 1.54) is 0 Å². The standard InChI is InChI=1S/C11H12BrIO3S/c12-9-3-1-8(2-4-9)5-16-11-7-17(14,15)6-10(11)13/h1-4,10-11H,5-7H2. The number of ether oxygens (including phenoxy) is 1. The summed E-state index contributed by atoms with van der Waals surface area (Å²) in [5.41, 5.74) is 1.06. The first kappa shape index (κ1) is 13.8. The largest absolute Gasteiger partial charge is 0.371 e. The van der Waals surface area contributed by atoms with Crippen molar-refractivity contribution in [3.05, 3.63) is 34.3 Å². The summed E-state index contributed by atoms with van der Waals surface area (Å²) < 4.78 is 29.6. The first-order valence-electron chi connectivity index (χ1n) is 5.17. The van der Waals surface area contributed by atoms with Gasteiger partial charge in [-0.15, -0.1) is 0 Å². The molecule has 0 saturated carbocycles. The van der Waals surface area contributed by atoms with Gasteiger partial charge in [0.05, 0.1) is 28.1 Å². The Bertz CT molecular complexity index is 486. The number of sulfone groups is 1. The summed E-state index contributed by atoms with van der Waals surface area (Å²) in [5, 5.41) is 0. The molecule has 0 spiro atoms. The van der Waals surface area contributed by atoms with Crippen LogP contribution in [0.4, 0.5) is 0 Å². The summed E-state index contributed by atoms with van der Waals surface area (Å²) in [4.78, 5) is 0. The van der Waals surface area contributed by atoms with E-state index in [9.17, 15) is 8.42 Å². The SMILES string of the molecule is O=S1(=O)CC(I)C(OCc2ccc(Br)cc2)C1. The van der Waals surface area contributed by atoms with Crippen LogP contribution in [0, 0.1) is 0 Å². The molecule has 2 rings (SSSR count). The smallest absolute Gasteiger partial charge is 0.154 e. The molecule has 1 heterocycles. The Balaban J connectivity index is 1.93. The van der Waals surface area contributed by atoms with E-state index in [4.69, 9.17) is 4.74 Å². The average Bonchev–Trinajstić information content (AvgIpc) is 2.51. The molecule has 0 bridgehead atoms. The minimum Gasteiger partial charge on any atom is -0.371 e. The molecule has 1 saturated heterocycles. The van der Waals surface area contributed by atoms with Crippen LogP contribution in [-0.2, 0) is 21.2 Å². The Labute approximate surface area is 123 Å². The van der Waals surface area contributed by atoms with E-state index in [0.717, 1.165) is 10.0 Å². The number of hydrogen-bond donors (Lipinski definition) is 0. The average molecular weight is 431 g/mol. The summed E-state index contributed by atoms with van der Waals surface area (Å²) in [7, 11) is -2.90. The Morgan fingerprint density at radius 1 is 1.29 bits per heavy atom. The van der Waals surface area contributed by atoms with Crippen molar-refractivity contribution < 1.29 is 13.2 Å².